The second-order valence-corrected chi connectivity index (χ2v) is 12.3. The first-order valence-electron chi connectivity index (χ1n) is 13.5. The van der Waals surface area contributed by atoms with Crippen LogP contribution in [0, 0.1) is 19.8 Å². The van der Waals surface area contributed by atoms with Gasteiger partial charge in [0.2, 0.25) is 0 Å². The summed E-state index contributed by atoms with van der Waals surface area (Å²) >= 11 is 1.40. The number of ether oxygens (including phenoxy) is 2. The number of amides is 1. The van der Waals surface area contributed by atoms with Crippen LogP contribution in [-0.4, -0.2) is 42.8 Å². The van der Waals surface area contributed by atoms with Gasteiger partial charge in [-0.1, -0.05) is 52.0 Å². The summed E-state index contributed by atoms with van der Waals surface area (Å²) in [6, 6.07) is 16.7. The topological polar surface area (TPSA) is 84.9 Å². The van der Waals surface area contributed by atoms with Crippen molar-refractivity contribution in [1.82, 2.24) is 5.32 Å². The molecule has 0 spiro atoms. The Morgan fingerprint density at radius 3 is 2.26 bits per heavy atom. The Bertz CT molecular complexity index is 1250. The predicted octanol–water partition coefficient (Wildman–Crippen LogP) is 6.24. The van der Waals surface area contributed by atoms with E-state index in [1.807, 2.05) is 6.07 Å². The van der Waals surface area contributed by atoms with Gasteiger partial charge in [-0.05, 0) is 90.6 Å². The summed E-state index contributed by atoms with van der Waals surface area (Å²) in [7, 11) is 0. The van der Waals surface area contributed by atoms with E-state index in [-0.39, 0.29) is 30.4 Å². The molecule has 0 bridgehead atoms. The van der Waals surface area contributed by atoms with Gasteiger partial charge in [0.05, 0.1) is 24.6 Å². The van der Waals surface area contributed by atoms with Gasteiger partial charge in [-0.2, -0.15) is 0 Å². The minimum atomic E-state index is -1.37. The number of hydrogen-bond donors (Lipinski definition) is 2. The minimum Gasteiger partial charge on any atom is -0.493 e. The highest BCUT2D eigenvalue weighted by atomic mass is 32.1. The Kier molecular flexibility index (Phi) is 10.3. The van der Waals surface area contributed by atoms with Crippen LogP contribution in [0.5, 0.6) is 5.75 Å². The van der Waals surface area contributed by atoms with E-state index in [0.29, 0.717) is 11.5 Å². The molecule has 39 heavy (non-hydrogen) atoms. The molecule has 2 atom stereocenters. The number of aliphatic hydroxyl groups is 1. The monoisotopic (exact) mass is 551 g/mol. The van der Waals surface area contributed by atoms with Crippen molar-refractivity contribution in [3.8, 4) is 16.9 Å². The van der Waals surface area contributed by atoms with Crippen LogP contribution in [0.1, 0.15) is 65.9 Å². The molecular formula is C32H41NO5S. The van der Waals surface area contributed by atoms with Crippen molar-refractivity contribution in [3.05, 3.63) is 75.0 Å². The molecule has 2 unspecified atom stereocenters. The van der Waals surface area contributed by atoms with Gasteiger partial charge in [-0.25, -0.2) is 4.79 Å². The van der Waals surface area contributed by atoms with Crippen LogP contribution in [0.2, 0.25) is 0 Å². The molecule has 3 aromatic rings. The number of nitrogens with one attached hydrogen (secondary N) is 1. The third kappa shape index (κ3) is 8.41. The fraction of sp³-hybridized carbons (Fsp3) is 0.438. The Morgan fingerprint density at radius 2 is 1.67 bits per heavy atom. The molecule has 3 rings (SSSR count). The highest BCUT2D eigenvalue weighted by Gasteiger charge is 2.19. The van der Waals surface area contributed by atoms with Crippen molar-refractivity contribution in [2.24, 2.45) is 5.92 Å². The van der Waals surface area contributed by atoms with Crippen molar-refractivity contribution in [1.29, 1.82) is 0 Å². The third-order valence-corrected chi connectivity index (χ3v) is 7.64. The number of carbonyl (C=O) groups excluding carboxylic acids is 2. The van der Waals surface area contributed by atoms with Crippen molar-refractivity contribution in [2.75, 3.05) is 19.8 Å². The van der Waals surface area contributed by atoms with E-state index in [9.17, 15) is 14.7 Å². The molecule has 210 valence electrons. The second-order valence-electron chi connectivity index (χ2n) is 11.1. The van der Waals surface area contributed by atoms with Crippen molar-refractivity contribution >= 4 is 23.2 Å². The van der Waals surface area contributed by atoms with Gasteiger partial charge in [0.15, 0.2) is 6.10 Å². The van der Waals surface area contributed by atoms with E-state index in [2.05, 4.69) is 83.3 Å². The Labute approximate surface area is 236 Å². The Hall–Kier alpha value is -3.16. The molecule has 0 aliphatic heterocycles. The molecule has 0 aliphatic rings. The van der Waals surface area contributed by atoms with Crippen LogP contribution in [-0.2, 0) is 21.4 Å². The molecule has 0 aliphatic carbocycles. The second kappa shape index (κ2) is 13.3. The average Bonchev–Trinajstić information content (AvgIpc) is 3.34. The lowest BCUT2D eigenvalue weighted by atomic mass is 9.85. The maximum absolute atomic E-state index is 12.4. The molecule has 1 aromatic heterocycles. The summed E-state index contributed by atoms with van der Waals surface area (Å²) in [5.74, 6) is 0.0413. The number of hydrogen-bond acceptors (Lipinski definition) is 6. The zero-order valence-electron chi connectivity index (χ0n) is 24.1. The summed E-state index contributed by atoms with van der Waals surface area (Å²) in [6.45, 7) is 15.3. The highest BCUT2D eigenvalue weighted by molar-refractivity contribution is 7.14. The average molecular weight is 552 g/mol. The van der Waals surface area contributed by atoms with Crippen LogP contribution in [0.3, 0.4) is 0 Å². The van der Waals surface area contributed by atoms with Gasteiger partial charge in [0, 0.05) is 4.88 Å². The van der Waals surface area contributed by atoms with Gasteiger partial charge in [-0.3, -0.25) is 4.79 Å². The quantitative estimate of drug-likeness (QED) is 0.276. The fourth-order valence-electron chi connectivity index (χ4n) is 4.45. The van der Waals surface area contributed by atoms with E-state index in [1.165, 1.54) is 39.2 Å². The molecule has 0 fully saturated rings. The lowest BCUT2D eigenvalue weighted by molar-refractivity contribution is -0.152. The number of benzene rings is 2. The minimum absolute atomic E-state index is 0.128. The van der Waals surface area contributed by atoms with Gasteiger partial charge in [0.1, 0.15) is 5.75 Å². The van der Waals surface area contributed by atoms with Gasteiger partial charge < -0.3 is 19.9 Å². The van der Waals surface area contributed by atoms with Crippen LogP contribution >= 0.6 is 11.3 Å². The Morgan fingerprint density at radius 1 is 1.03 bits per heavy atom. The molecule has 2 N–H and O–H groups in total. The van der Waals surface area contributed by atoms with Crippen molar-refractivity contribution < 1.29 is 24.2 Å². The van der Waals surface area contributed by atoms with E-state index < -0.39 is 12.1 Å². The lowest BCUT2D eigenvalue weighted by Crippen LogP contribution is -2.37. The van der Waals surface area contributed by atoms with Gasteiger partial charge in [0.25, 0.3) is 5.91 Å². The first-order chi connectivity index (χ1) is 18.4. The molecule has 6 nitrogen and oxygen atoms in total. The predicted molar refractivity (Wildman–Crippen MR) is 158 cm³/mol. The summed E-state index contributed by atoms with van der Waals surface area (Å²) in [4.78, 5) is 25.5. The van der Waals surface area contributed by atoms with Crippen molar-refractivity contribution in [2.45, 2.75) is 66.4 Å². The highest BCUT2D eigenvalue weighted by Crippen LogP contribution is 2.33. The van der Waals surface area contributed by atoms with E-state index in [4.69, 9.17) is 9.47 Å². The summed E-state index contributed by atoms with van der Waals surface area (Å²) in [6.07, 6.45) is -0.597. The molecular weight excluding hydrogens is 510 g/mol. The van der Waals surface area contributed by atoms with Crippen molar-refractivity contribution in [3.63, 3.8) is 0 Å². The largest absolute Gasteiger partial charge is 0.493 e. The lowest BCUT2D eigenvalue weighted by Gasteiger charge is -2.20. The number of aliphatic hydroxyl groups excluding tert-OH is 1. The normalized spacial score (nSPS) is 13.0. The zero-order valence-corrected chi connectivity index (χ0v) is 24.9. The number of aryl methyl sites for hydroxylation is 2. The van der Waals surface area contributed by atoms with E-state index in [1.54, 1.807) is 13.0 Å². The third-order valence-electron chi connectivity index (χ3n) is 6.53. The molecule has 1 heterocycles. The van der Waals surface area contributed by atoms with Crippen LogP contribution in [0.25, 0.3) is 11.1 Å². The van der Waals surface area contributed by atoms with E-state index >= 15 is 0 Å². The first kappa shape index (κ1) is 30.4. The molecule has 0 radical (unpaired) electrons. The molecule has 1 amide bonds. The summed E-state index contributed by atoms with van der Waals surface area (Å²) in [5.41, 5.74) is 6.28. The summed E-state index contributed by atoms with van der Waals surface area (Å²) in [5, 5.41) is 12.3. The zero-order chi connectivity index (χ0) is 28.7. The molecule has 0 saturated heterocycles. The SMILES string of the molecule is CCOC(=O)C(O)CNC(=O)c1ccc(CC(C)COc2cc(C)c(-c3ccc(C(C)(C)C)cc3)c(C)c2)s1. The fourth-order valence-corrected chi connectivity index (χ4v) is 5.54. The maximum atomic E-state index is 12.4. The van der Waals surface area contributed by atoms with Gasteiger partial charge in [-0.15, -0.1) is 11.3 Å². The number of rotatable bonds is 11. The van der Waals surface area contributed by atoms with Crippen LogP contribution in [0.15, 0.2) is 48.5 Å². The molecule has 2 aromatic carbocycles. The first-order valence-corrected chi connectivity index (χ1v) is 14.3. The number of esters is 1. The molecule has 7 heteroatoms. The summed E-state index contributed by atoms with van der Waals surface area (Å²) < 4.78 is 10.9. The molecule has 0 saturated carbocycles. The smallest absolute Gasteiger partial charge is 0.336 e. The Balaban J connectivity index is 1.54. The number of carbonyl (C=O) groups is 2. The standard InChI is InChI=1S/C32H41NO5S/c1-8-37-31(36)27(34)18-33-30(35)28-14-13-26(39-28)15-20(2)19-38-25-16-21(3)29(22(4)17-25)23-9-11-24(12-10-23)32(5,6)7/h9-14,16-17,20,27,34H,8,15,18-19H2,1-7H3,(H,33,35). The van der Waals surface area contributed by atoms with Crippen LogP contribution in [0.4, 0.5) is 0 Å². The van der Waals surface area contributed by atoms with E-state index in [0.717, 1.165) is 17.0 Å². The maximum Gasteiger partial charge on any atom is 0.336 e. The number of thiophene rings is 1. The van der Waals surface area contributed by atoms with Gasteiger partial charge >= 0.3 is 5.97 Å². The van der Waals surface area contributed by atoms with Crippen LogP contribution < -0.4 is 10.1 Å².